The van der Waals surface area contributed by atoms with E-state index in [1.165, 1.54) is 4.57 Å². The number of fused-ring (bicyclic) bond motifs is 1. The third kappa shape index (κ3) is 3.44. The van der Waals surface area contributed by atoms with Crippen LogP contribution in [0.5, 0.6) is 11.5 Å². The predicted molar refractivity (Wildman–Crippen MR) is 103 cm³/mol. The van der Waals surface area contributed by atoms with E-state index >= 15 is 0 Å². The van der Waals surface area contributed by atoms with Crippen molar-refractivity contribution in [1.82, 2.24) is 9.55 Å². The van der Waals surface area contributed by atoms with E-state index in [9.17, 15) is 4.79 Å². The molecule has 0 saturated carbocycles. The highest BCUT2D eigenvalue weighted by Gasteiger charge is 2.07. The molecule has 128 valence electrons. The summed E-state index contributed by atoms with van der Waals surface area (Å²) in [6.07, 6.45) is 3.55. The molecule has 1 aromatic heterocycles. The molecule has 0 aliphatic carbocycles. The first-order chi connectivity index (χ1) is 12.0. The molecular formula is C19H17BrN2O3. The smallest absolute Gasteiger partial charge is 0.265 e. The number of ether oxygens (including phenoxy) is 2. The summed E-state index contributed by atoms with van der Waals surface area (Å²) in [6.45, 7) is 1.81. The van der Waals surface area contributed by atoms with Gasteiger partial charge in [-0.25, -0.2) is 4.98 Å². The van der Waals surface area contributed by atoms with Gasteiger partial charge in [-0.3, -0.25) is 9.36 Å². The Morgan fingerprint density at radius 3 is 2.56 bits per heavy atom. The number of aryl methyl sites for hydroxylation is 1. The minimum atomic E-state index is -0.111. The summed E-state index contributed by atoms with van der Waals surface area (Å²) in [7, 11) is 3.18. The van der Waals surface area contributed by atoms with Crippen molar-refractivity contribution in [2.24, 2.45) is 0 Å². The van der Waals surface area contributed by atoms with Crippen LogP contribution in [0.1, 0.15) is 11.4 Å². The molecule has 6 heteroatoms. The maximum absolute atomic E-state index is 12.8. The Labute approximate surface area is 153 Å². The number of benzene rings is 2. The molecule has 0 spiro atoms. The first kappa shape index (κ1) is 17.2. The average molecular weight is 401 g/mol. The molecular weight excluding hydrogens is 384 g/mol. The molecule has 3 aromatic rings. The van der Waals surface area contributed by atoms with E-state index < -0.39 is 0 Å². The van der Waals surface area contributed by atoms with Crippen molar-refractivity contribution in [2.75, 3.05) is 14.2 Å². The van der Waals surface area contributed by atoms with Gasteiger partial charge in [-0.15, -0.1) is 0 Å². The Morgan fingerprint density at radius 2 is 1.84 bits per heavy atom. The van der Waals surface area contributed by atoms with Gasteiger partial charge in [0.05, 0.1) is 25.1 Å². The number of halogens is 1. The zero-order chi connectivity index (χ0) is 18.0. The van der Waals surface area contributed by atoms with Gasteiger partial charge < -0.3 is 9.47 Å². The Balaban J connectivity index is 2.06. The van der Waals surface area contributed by atoms with Crippen molar-refractivity contribution in [1.29, 1.82) is 0 Å². The summed E-state index contributed by atoms with van der Waals surface area (Å²) in [6, 6.07) is 11.0. The highest BCUT2D eigenvalue weighted by molar-refractivity contribution is 9.10. The summed E-state index contributed by atoms with van der Waals surface area (Å²) in [5, 5.41) is 0.567. The van der Waals surface area contributed by atoms with E-state index in [1.54, 1.807) is 26.5 Å². The zero-order valence-electron chi connectivity index (χ0n) is 14.1. The first-order valence-corrected chi connectivity index (χ1v) is 8.41. The summed E-state index contributed by atoms with van der Waals surface area (Å²) in [5.41, 5.74) is 1.46. The second kappa shape index (κ2) is 7.11. The van der Waals surface area contributed by atoms with E-state index in [0.717, 1.165) is 10.0 Å². The molecule has 0 fully saturated rings. The standard InChI is InChI=1S/C19H17BrN2O3/c1-12-21-16-6-5-14(20)11-15(16)19(23)22(12)9-8-13-4-7-17(24-2)18(10-13)25-3/h4-11H,1-3H3/b9-8+. The Bertz CT molecular complexity index is 1030. The fourth-order valence-electron chi connectivity index (χ4n) is 2.57. The monoisotopic (exact) mass is 400 g/mol. The molecule has 0 saturated heterocycles. The molecule has 1 heterocycles. The van der Waals surface area contributed by atoms with Crippen molar-refractivity contribution in [3.8, 4) is 11.5 Å². The van der Waals surface area contributed by atoms with Gasteiger partial charge in [0.1, 0.15) is 5.82 Å². The van der Waals surface area contributed by atoms with Crippen molar-refractivity contribution in [3.05, 3.63) is 62.6 Å². The fraction of sp³-hybridized carbons (Fsp3) is 0.158. The van der Waals surface area contributed by atoms with Crippen molar-refractivity contribution in [2.45, 2.75) is 6.92 Å². The quantitative estimate of drug-likeness (QED) is 0.660. The molecule has 0 amide bonds. The third-order valence-corrected chi connectivity index (χ3v) is 4.36. The Kier molecular flexibility index (Phi) is 4.90. The molecule has 0 bridgehead atoms. The van der Waals surface area contributed by atoms with Crippen LogP contribution >= 0.6 is 15.9 Å². The fourth-order valence-corrected chi connectivity index (χ4v) is 2.94. The van der Waals surface area contributed by atoms with Crippen LogP contribution in [0.2, 0.25) is 0 Å². The average Bonchev–Trinajstić information content (AvgIpc) is 2.62. The number of rotatable bonds is 4. The number of aromatic nitrogens is 2. The lowest BCUT2D eigenvalue weighted by Gasteiger charge is -2.08. The van der Waals surface area contributed by atoms with Gasteiger partial charge in [-0.2, -0.15) is 0 Å². The Morgan fingerprint density at radius 1 is 1.08 bits per heavy atom. The highest BCUT2D eigenvalue weighted by Crippen LogP contribution is 2.28. The van der Waals surface area contributed by atoms with E-state index in [1.807, 2.05) is 43.3 Å². The Hall–Kier alpha value is -2.60. The molecule has 0 unspecified atom stereocenters. The van der Waals surface area contributed by atoms with E-state index in [-0.39, 0.29) is 5.56 Å². The normalized spacial score (nSPS) is 11.2. The summed E-state index contributed by atoms with van der Waals surface area (Å²) < 4.78 is 12.9. The maximum atomic E-state index is 12.8. The third-order valence-electron chi connectivity index (χ3n) is 3.86. The lowest BCUT2D eigenvalue weighted by molar-refractivity contribution is 0.355. The maximum Gasteiger partial charge on any atom is 0.265 e. The van der Waals surface area contributed by atoms with Crippen molar-refractivity contribution < 1.29 is 9.47 Å². The van der Waals surface area contributed by atoms with Crippen LogP contribution in [0.25, 0.3) is 23.2 Å². The van der Waals surface area contributed by atoms with Gasteiger partial charge in [-0.05, 0) is 48.9 Å². The van der Waals surface area contributed by atoms with Crippen LogP contribution in [-0.2, 0) is 0 Å². The molecule has 0 N–H and O–H groups in total. The minimum Gasteiger partial charge on any atom is -0.493 e. The molecule has 3 rings (SSSR count). The van der Waals surface area contributed by atoms with Gasteiger partial charge in [0, 0.05) is 10.7 Å². The van der Waals surface area contributed by atoms with Gasteiger partial charge in [0.15, 0.2) is 11.5 Å². The van der Waals surface area contributed by atoms with Crippen molar-refractivity contribution >= 4 is 39.1 Å². The van der Waals surface area contributed by atoms with Crippen LogP contribution in [0.3, 0.4) is 0 Å². The number of hydrogen-bond donors (Lipinski definition) is 0. The molecule has 0 radical (unpaired) electrons. The number of hydrogen-bond acceptors (Lipinski definition) is 4. The molecule has 0 aliphatic heterocycles. The van der Waals surface area contributed by atoms with Gasteiger partial charge in [-0.1, -0.05) is 22.0 Å². The van der Waals surface area contributed by atoms with Gasteiger partial charge in [0.2, 0.25) is 0 Å². The van der Waals surface area contributed by atoms with Gasteiger partial charge >= 0.3 is 0 Å². The first-order valence-electron chi connectivity index (χ1n) is 7.62. The van der Waals surface area contributed by atoms with Gasteiger partial charge in [0.25, 0.3) is 5.56 Å². The molecule has 0 aliphatic rings. The van der Waals surface area contributed by atoms with Crippen LogP contribution in [0, 0.1) is 6.92 Å². The van der Waals surface area contributed by atoms with E-state index in [4.69, 9.17) is 9.47 Å². The lowest BCUT2D eigenvalue weighted by atomic mass is 10.2. The lowest BCUT2D eigenvalue weighted by Crippen LogP contribution is -2.19. The minimum absolute atomic E-state index is 0.111. The summed E-state index contributed by atoms with van der Waals surface area (Å²) in [5.74, 6) is 1.91. The molecule has 0 atom stereocenters. The predicted octanol–water partition coefficient (Wildman–Crippen LogP) is 4.11. The molecule has 25 heavy (non-hydrogen) atoms. The topological polar surface area (TPSA) is 53.4 Å². The largest absolute Gasteiger partial charge is 0.493 e. The van der Waals surface area contributed by atoms with E-state index in [2.05, 4.69) is 20.9 Å². The van der Waals surface area contributed by atoms with Crippen molar-refractivity contribution in [3.63, 3.8) is 0 Å². The van der Waals surface area contributed by atoms with Crippen LogP contribution in [-0.4, -0.2) is 23.8 Å². The summed E-state index contributed by atoms with van der Waals surface area (Å²) in [4.78, 5) is 17.2. The van der Waals surface area contributed by atoms with E-state index in [0.29, 0.717) is 28.2 Å². The van der Waals surface area contributed by atoms with Crippen LogP contribution < -0.4 is 15.0 Å². The zero-order valence-corrected chi connectivity index (χ0v) is 15.7. The number of nitrogens with zero attached hydrogens (tertiary/aromatic N) is 2. The highest BCUT2D eigenvalue weighted by atomic mass is 79.9. The molecule has 5 nitrogen and oxygen atoms in total. The molecule has 2 aromatic carbocycles. The SMILES string of the molecule is COc1ccc(/C=C/n2c(C)nc3ccc(Br)cc3c2=O)cc1OC. The second-order valence-corrected chi connectivity index (χ2v) is 6.34. The number of methoxy groups -OCH3 is 2. The summed E-state index contributed by atoms with van der Waals surface area (Å²) >= 11 is 3.40. The van der Waals surface area contributed by atoms with Crippen LogP contribution in [0.15, 0.2) is 45.7 Å². The van der Waals surface area contributed by atoms with Crippen LogP contribution in [0.4, 0.5) is 0 Å². The second-order valence-electron chi connectivity index (χ2n) is 5.43.